The number of nitrogens with zero attached hydrogens (tertiary/aromatic N) is 2. The van der Waals surface area contributed by atoms with Crippen molar-refractivity contribution in [3.05, 3.63) is 63.9 Å². The number of hydrogen-bond acceptors (Lipinski definition) is 4. The van der Waals surface area contributed by atoms with Crippen molar-refractivity contribution in [2.45, 2.75) is 19.9 Å². The monoisotopic (exact) mass is 392 g/mol. The van der Waals surface area contributed by atoms with E-state index in [0.717, 1.165) is 5.56 Å². The first-order chi connectivity index (χ1) is 12.4. The van der Waals surface area contributed by atoms with Crippen LogP contribution in [0.1, 0.15) is 29.8 Å². The predicted octanol–water partition coefficient (Wildman–Crippen LogP) is 3.29. The van der Waals surface area contributed by atoms with Gasteiger partial charge in [0, 0.05) is 18.0 Å². The second kappa shape index (κ2) is 9.31. The average molecular weight is 393 g/mol. The third-order valence-corrected chi connectivity index (χ3v) is 4.25. The summed E-state index contributed by atoms with van der Waals surface area (Å²) >= 11 is 11.8. The molecule has 2 aromatic rings. The Hall–Kier alpha value is -2.44. The fourth-order valence-corrected chi connectivity index (χ4v) is 2.38. The lowest BCUT2D eigenvalue weighted by atomic mass is 10.0. The Morgan fingerprint density at radius 3 is 2.42 bits per heavy atom. The SMILES string of the molecule is CC(C)C(NC(=O)c1ccc(Cl)c(Cl)c1)C(=O)N/N=C/c1ccncc1. The van der Waals surface area contributed by atoms with Crippen molar-refractivity contribution in [3.8, 4) is 0 Å². The highest BCUT2D eigenvalue weighted by molar-refractivity contribution is 6.42. The number of pyridine rings is 1. The molecule has 1 aromatic heterocycles. The number of hydrazone groups is 1. The van der Waals surface area contributed by atoms with E-state index in [2.05, 4.69) is 20.8 Å². The van der Waals surface area contributed by atoms with Gasteiger partial charge in [0.05, 0.1) is 16.3 Å². The molecule has 0 aliphatic carbocycles. The maximum Gasteiger partial charge on any atom is 0.262 e. The van der Waals surface area contributed by atoms with Gasteiger partial charge in [-0.15, -0.1) is 0 Å². The van der Waals surface area contributed by atoms with Crippen molar-refractivity contribution >= 4 is 41.2 Å². The standard InChI is InChI=1S/C18H18Cl2N4O2/c1-11(2)16(18(26)24-22-10-12-5-7-21-8-6-12)23-17(25)13-3-4-14(19)15(20)9-13/h3-11,16H,1-2H3,(H,23,25)(H,24,26)/b22-10+. The normalized spacial score (nSPS) is 12.2. The largest absolute Gasteiger partial charge is 0.340 e. The van der Waals surface area contributed by atoms with Crippen molar-refractivity contribution in [1.82, 2.24) is 15.7 Å². The second-order valence-electron chi connectivity index (χ2n) is 5.84. The first kappa shape index (κ1) is 19.9. The maximum atomic E-state index is 12.4. The van der Waals surface area contributed by atoms with Crippen LogP contribution in [0.25, 0.3) is 0 Å². The molecule has 2 amide bonds. The molecule has 8 heteroatoms. The minimum atomic E-state index is -0.758. The lowest BCUT2D eigenvalue weighted by Crippen LogP contribution is -2.48. The van der Waals surface area contributed by atoms with Gasteiger partial charge >= 0.3 is 0 Å². The average Bonchev–Trinajstić information content (AvgIpc) is 2.62. The first-order valence-corrected chi connectivity index (χ1v) is 8.63. The van der Waals surface area contributed by atoms with Crippen LogP contribution in [0.4, 0.5) is 0 Å². The summed E-state index contributed by atoms with van der Waals surface area (Å²) in [5, 5.41) is 7.22. The first-order valence-electron chi connectivity index (χ1n) is 7.87. The highest BCUT2D eigenvalue weighted by Crippen LogP contribution is 2.22. The Morgan fingerprint density at radius 2 is 1.81 bits per heavy atom. The number of carbonyl (C=O) groups excluding carboxylic acids is 2. The summed E-state index contributed by atoms with van der Waals surface area (Å²) < 4.78 is 0. The van der Waals surface area contributed by atoms with Crippen molar-refractivity contribution in [2.24, 2.45) is 11.0 Å². The van der Waals surface area contributed by atoms with Crippen LogP contribution in [-0.4, -0.2) is 29.1 Å². The van der Waals surface area contributed by atoms with Gasteiger partial charge in [0.25, 0.3) is 11.8 Å². The predicted molar refractivity (Wildman–Crippen MR) is 103 cm³/mol. The van der Waals surface area contributed by atoms with Crippen LogP contribution < -0.4 is 10.7 Å². The van der Waals surface area contributed by atoms with Crippen LogP contribution in [0.5, 0.6) is 0 Å². The molecule has 6 nitrogen and oxygen atoms in total. The van der Waals surface area contributed by atoms with Crippen LogP contribution in [0, 0.1) is 5.92 Å². The lowest BCUT2D eigenvalue weighted by molar-refractivity contribution is -0.123. The van der Waals surface area contributed by atoms with Crippen molar-refractivity contribution in [2.75, 3.05) is 0 Å². The quantitative estimate of drug-likeness (QED) is 0.584. The smallest absolute Gasteiger partial charge is 0.262 e. The van der Waals surface area contributed by atoms with Gasteiger partial charge in [-0.05, 0) is 41.8 Å². The maximum absolute atomic E-state index is 12.4. The summed E-state index contributed by atoms with van der Waals surface area (Å²) in [5.41, 5.74) is 3.55. The zero-order valence-corrected chi connectivity index (χ0v) is 15.8. The molecule has 0 radical (unpaired) electrons. The number of carbonyl (C=O) groups is 2. The summed E-state index contributed by atoms with van der Waals surface area (Å²) in [5.74, 6) is -0.980. The summed E-state index contributed by atoms with van der Waals surface area (Å²) in [6.07, 6.45) is 4.74. The molecule has 1 aromatic carbocycles. The highest BCUT2D eigenvalue weighted by Gasteiger charge is 2.24. The molecular formula is C18H18Cl2N4O2. The molecular weight excluding hydrogens is 375 g/mol. The van der Waals surface area contributed by atoms with Crippen molar-refractivity contribution in [1.29, 1.82) is 0 Å². The van der Waals surface area contributed by atoms with E-state index in [1.165, 1.54) is 18.3 Å². The van der Waals surface area contributed by atoms with Gasteiger partial charge in [-0.25, -0.2) is 5.43 Å². The van der Waals surface area contributed by atoms with E-state index in [-0.39, 0.29) is 10.9 Å². The zero-order chi connectivity index (χ0) is 19.1. The topological polar surface area (TPSA) is 83.5 Å². The van der Waals surface area contributed by atoms with E-state index < -0.39 is 17.9 Å². The molecule has 0 aliphatic heterocycles. The van der Waals surface area contributed by atoms with Crippen LogP contribution in [0.15, 0.2) is 47.8 Å². The minimum Gasteiger partial charge on any atom is -0.340 e. The molecule has 0 saturated heterocycles. The third-order valence-electron chi connectivity index (χ3n) is 3.51. The summed E-state index contributed by atoms with van der Waals surface area (Å²) in [6.45, 7) is 3.65. The fourth-order valence-electron chi connectivity index (χ4n) is 2.09. The number of hydrogen-bond donors (Lipinski definition) is 2. The van der Waals surface area contributed by atoms with Gasteiger partial charge in [0.2, 0.25) is 0 Å². The Kier molecular flexibility index (Phi) is 7.12. The Morgan fingerprint density at radius 1 is 1.12 bits per heavy atom. The van der Waals surface area contributed by atoms with Crippen LogP contribution in [-0.2, 0) is 4.79 Å². The number of benzene rings is 1. The number of aromatic nitrogens is 1. The molecule has 0 spiro atoms. The van der Waals surface area contributed by atoms with Crippen LogP contribution in [0.2, 0.25) is 10.0 Å². The molecule has 1 atom stereocenters. The fraction of sp³-hybridized carbons (Fsp3) is 0.222. The molecule has 26 heavy (non-hydrogen) atoms. The van der Waals surface area contributed by atoms with Gasteiger partial charge in [0.1, 0.15) is 6.04 Å². The summed E-state index contributed by atoms with van der Waals surface area (Å²) in [7, 11) is 0. The zero-order valence-electron chi connectivity index (χ0n) is 14.2. The molecule has 1 unspecified atom stereocenters. The van der Waals surface area contributed by atoms with Crippen molar-refractivity contribution in [3.63, 3.8) is 0 Å². The number of amides is 2. The molecule has 0 fully saturated rings. The van der Waals surface area contributed by atoms with Gasteiger partial charge < -0.3 is 5.32 Å². The summed E-state index contributed by atoms with van der Waals surface area (Å²) in [6, 6.07) is 7.27. The van der Waals surface area contributed by atoms with E-state index in [1.54, 1.807) is 30.6 Å². The number of nitrogens with one attached hydrogen (secondary N) is 2. The minimum absolute atomic E-state index is 0.141. The summed E-state index contributed by atoms with van der Waals surface area (Å²) in [4.78, 5) is 28.6. The lowest BCUT2D eigenvalue weighted by Gasteiger charge is -2.20. The van der Waals surface area contributed by atoms with E-state index in [0.29, 0.717) is 10.6 Å². The van der Waals surface area contributed by atoms with Gasteiger partial charge in [-0.3, -0.25) is 14.6 Å². The molecule has 0 aliphatic rings. The van der Waals surface area contributed by atoms with E-state index in [9.17, 15) is 9.59 Å². The highest BCUT2D eigenvalue weighted by atomic mass is 35.5. The number of halogens is 2. The molecule has 2 rings (SSSR count). The van der Waals surface area contributed by atoms with E-state index >= 15 is 0 Å². The number of rotatable bonds is 6. The molecule has 0 bridgehead atoms. The Balaban J connectivity index is 2.03. The van der Waals surface area contributed by atoms with Crippen molar-refractivity contribution < 1.29 is 9.59 Å². The molecule has 2 N–H and O–H groups in total. The van der Waals surface area contributed by atoms with Crippen LogP contribution in [0.3, 0.4) is 0 Å². The third kappa shape index (κ3) is 5.54. The second-order valence-corrected chi connectivity index (χ2v) is 6.65. The van der Waals surface area contributed by atoms with E-state index in [4.69, 9.17) is 23.2 Å². The molecule has 1 heterocycles. The van der Waals surface area contributed by atoms with Crippen LogP contribution >= 0.6 is 23.2 Å². The van der Waals surface area contributed by atoms with Gasteiger partial charge in [0.15, 0.2) is 0 Å². The van der Waals surface area contributed by atoms with Gasteiger partial charge in [-0.1, -0.05) is 37.0 Å². The Labute approximate surface area is 161 Å². The van der Waals surface area contributed by atoms with E-state index in [1.807, 2.05) is 13.8 Å². The molecule has 136 valence electrons. The Bertz CT molecular complexity index is 810. The van der Waals surface area contributed by atoms with Gasteiger partial charge in [-0.2, -0.15) is 5.10 Å². The molecule has 0 saturated carbocycles.